The third-order valence-corrected chi connectivity index (χ3v) is 6.70. The lowest BCUT2D eigenvalue weighted by atomic mass is 9.79. The second-order valence-electron chi connectivity index (χ2n) is 12.4. The number of hydrogen-bond donors (Lipinski definition) is 2. The normalized spacial score (nSPS) is 18.2. The average Bonchev–Trinajstić information content (AvgIpc) is 2.74. The Balaban J connectivity index is 0.000000226. The van der Waals surface area contributed by atoms with E-state index in [0.717, 1.165) is 4.90 Å². The molecule has 4 rings (SSSR count). The van der Waals surface area contributed by atoms with Crippen LogP contribution in [0.2, 0.25) is 5.02 Å². The van der Waals surface area contributed by atoms with E-state index in [1.54, 1.807) is 53.7 Å². The summed E-state index contributed by atoms with van der Waals surface area (Å²) in [6.45, 7) is 10.5. The van der Waals surface area contributed by atoms with Gasteiger partial charge in [-0.2, -0.15) is 0 Å². The van der Waals surface area contributed by atoms with Crippen molar-refractivity contribution in [2.45, 2.75) is 102 Å². The van der Waals surface area contributed by atoms with Crippen LogP contribution in [0.1, 0.15) is 90.4 Å². The molecule has 8 nitrogen and oxygen atoms in total. The van der Waals surface area contributed by atoms with Gasteiger partial charge in [-0.3, -0.25) is 20.2 Å². The molecule has 0 aromatic carbocycles. The summed E-state index contributed by atoms with van der Waals surface area (Å²) in [6.07, 6.45) is 0.303. The molecular formula is C28H35ClF4N4O4. The zero-order valence-corrected chi connectivity index (χ0v) is 24.5. The number of pyridine rings is 2. The Bertz CT molecular complexity index is 1250. The van der Waals surface area contributed by atoms with Crippen molar-refractivity contribution in [3.05, 3.63) is 47.0 Å². The van der Waals surface area contributed by atoms with E-state index in [1.807, 2.05) is 0 Å². The van der Waals surface area contributed by atoms with E-state index in [9.17, 15) is 32.3 Å². The van der Waals surface area contributed by atoms with Crippen molar-refractivity contribution in [2.24, 2.45) is 0 Å². The highest BCUT2D eigenvalue weighted by Gasteiger charge is 2.47. The van der Waals surface area contributed by atoms with Gasteiger partial charge in [-0.25, -0.2) is 27.2 Å². The molecule has 13 heteroatoms. The minimum Gasteiger partial charge on any atom is -0.465 e. The summed E-state index contributed by atoms with van der Waals surface area (Å²) in [5.74, 6) is -5.76. The monoisotopic (exact) mass is 602 g/mol. The van der Waals surface area contributed by atoms with Crippen molar-refractivity contribution in [1.29, 1.82) is 0 Å². The predicted molar refractivity (Wildman–Crippen MR) is 147 cm³/mol. The number of ether oxygens (including phenoxy) is 1. The zero-order valence-electron chi connectivity index (χ0n) is 23.8. The number of carbonyl (C=O) groups is 2. The molecule has 2 aliphatic carbocycles. The first-order chi connectivity index (χ1) is 18.7. The molecule has 2 heterocycles. The van der Waals surface area contributed by atoms with Gasteiger partial charge < -0.3 is 9.84 Å². The molecule has 226 valence electrons. The van der Waals surface area contributed by atoms with Crippen LogP contribution in [-0.4, -0.2) is 50.2 Å². The van der Waals surface area contributed by atoms with Gasteiger partial charge in [0, 0.05) is 48.8 Å². The van der Waals surface area contributed by atoms with Gasteiger partial charge in [0.1, 0.15) is 5.60 Å². The number of hydrogen-bond acceptors (Lipinski definition) is 5. The van der Waals surface area contributed by atoms with Gasteiger partial charge >= 0.3 is 12.2 Å². The largest absolute Gasteiger partial charge is 0.465 e. The van der Waals surface area contributed by atoms with Gasteiger partial charge in [-0.15, -0.1) is 0 Å². The molecule has 2 aromatic heterocycles. The molecular weight excluding hydrogens is 568 g/mol. The van der Waals surface area contributed by atoms with E-state index in [1.165, 1.54) is 18.5 Å². The number of alkyl halides is 4. The van der Waals surface area contributed by atoms with Crippen molar-refractivity contribution in [1.82, 2.24) is 9.97 Å². The molecule has 0 atom stereocenters. The van der Waals surface area contributed by atoms with Gasteiger partial charge in [0.2, 0.25) is 11.8 Å². The fraction of sp³-hybridized carbons (Fsp3) is 0.571. The highest BCUT2D eigenvalue weighted by Crippen LogP contribution is 2.50. The maximum atomic E-state index is 12.9. The Kier molecular flexibility index (Phi) is 9.17. The standard InChI is InChI=1S/C14H17ClF2N2O2.C14H18F2N2O2/c1-13(2,3)19(12(20)21)9-4-10(15)11(18-7-9)8-5-14(16,17)6-8;1-13(2,3)20-12(19)18-10-4-5-11(17-8-10)9-6-14(15,16)7-9/h4,7-8H,5-6H2,1-3H3,(H,20,21);4-5,8-9H,6-7H2,1-3H3,(H,18,19). The molecule has 2 saturated carbocycles. The molecule has 0 radical (unpaired) electrons. The fourth-order valence-corrected chi connectivity index (χ4v) is 4.83. The molecule has 0 saturated heterocycles. The SMILES string of the molecule is CC(C)(C)N(C(=O)O)c1cnc(C2CC(F)(F)C2)c(Cl)c1.CC(C)(C)OC(=O)Nc1ccc(C2CC(F)(F)C2)nc1. The average molecular weight is 603 g/mol. The first-order valence-corrected chi connectivity index (χ1v) is 13.4. The fourth-order valence-electron chi connectivity index (χ4n) is 4.51. The molecule has 0 aliphatic heterocycles. The number of carbonyl (C=O) groups excluding carboxylic acids is 1. The van der Waals surface area contributed by atoms with Gasteiger partial charge in [0.15, 0.2) is 0 Å². The molecule has 0 bridgehead atoms. The Morgan fingerprint density at radius 2 is 1.54 bits per heavy atom. The quantitative estimate of drug-likeness (QED) is 0.340. The maximum absolute atomic E-state index is 12.9. The van der Waals surface area contributed by atoms with E-state index in [0.29, 0.717) is 22.8 Å². The molecule has 2 fully saturated rings. The number of aromatic nitrogens is 2. The number of halogens is 5. The van der Waals surface area contributed by atoms with Crippen molar-refractivity contribution in [3.63, 3.8) is 0 Å². The topological polar surface area (TPSA) is 105 Å². The number of rotatable bonds is 4. The van der Waals surface area contributed by atoms with Gasteiger partial charge in [0.05, 0.1) is 34.5 Å². The van der Waals surface area contributed by atoms with Crippen molar-refractivity contribution in [3.8, 4) is 0 Å². The first kappa shape index (κ1) is 32.4. The van der Waals surface area contributed by atoms with E-state index in [-0.39, 0.29) is 42.5 Å². The minimum atomic E-state index is -2.65. The van der Waals surface area contributed by atoms with Crippen LogP contribution in [0.5, 0.6) is 0 Å². The number of nitrogens with zero attached hydrogens (tertiary/aromatic N) is 3. The van der Waals surface area contributed by atoms with Crippen molar-refractivity contribution < 1.29 is 37.0 Å². The Morgan fingerprint density at radius 1 is 0.976 bits per heavy atom. The minimum absolute atomic E-state index is 0.154. The lowest BCUT2D eigenvalue weighted by molar-refractivity contribution is -0.0881. The maximum Gasteiger partial charge on any atom is 0.412 e. The van der Waals surface area contributed by atoms with Crippen molar-refractivity contribution >= 4 is 35.2 Å². The lowest BCUT2D eigenvalue weighted by Crippen LogP contribution is -2.45. The summed E-state index contributed by atoms with van der Waals surface area (Å²) in [5.41, 5.74) is 0.608. The third kappa shape index (κ3) is 8.92. The van der Waals surface area contributed by atoms with Gasteiger partial charge in [-0.05, 0) is 59.7 Å². The molecule has 2 N–H and O–H groups in total. The highest BCUT2D eigenvalue weighted by atomic mass is 35.5. The summed E-state index contributed by atoms with van der Waals surface area (Å²) < 4.78 is 56.5. The first-order valence-electron chi connectivity index (χ1n) is 13.1. The smallest absolute Gasteiger partial charge is 0.412 e. The van der Waals surface area contributed by atoms with Crippen molar-refractivity contribution in [2.75, 3.05) is 10.2 Å². The van der Waals surface area contributed by atoms with Gasteiger partial charge in [-0.1, -0.05) is 11.6 Å². The van der Waals surface area contributed by atoms with Gasteiger partial charge in [0.25, 0.3) is 0 Å². The zero-order chi connectivity index (χ0) is 31.0. The second-order valence-corrected chi connectivity index (χ2v) is 12.8. The van der Waals surface area contributed by atoms with Crippen LogP contribution in [0.25, 0.3) is 0 Å². The molecule has 0 unspecified atom stereocenters. The van der Waals surface area contributed by atoms with E-state index >= 15 is 0 Å². The number of nitrogens with one attached hydrogen (secondary N) is 1. The highest BCUT2D eigenvalue weighted by molar-refractivity contribution is 6.31. The van der Waals surface area contributed by atoms with Crippen LogP contribution >= 0.6 is 11.6 Å². The van der Waals surface area contributed by atoms with E-state index in [2.05, 4.69) is 15.3 Å². The lowest BCUT2D eigenvalue weighted by Gasteiger charge is -2.36. The van der Waals surface area contributed by atoms with E-state index in [4.69, 9.17) is 16.3 Å². The van der Waals surface area contributed by atoms with E-state index < -0.39 is 35.2 Å². The van der Waals surface area contributed by atoms with Crippen LogP contribution < -0.4 is 10.2 Å². The molecule has 2 amide bonds. The van der Waals surface area contributed by atoms with Crippen LogP contribution in [-0.2, 0) is 4.74 Å². The predicted octanol–water partition coefficient (Wildman–Crippen LogP) is 8.47. The summed E-state index contributed by atoms with van der Waals surface area (Å²) in [5, 5.41) is 12.1. The van der Waals surface area contributed by atoms with Crippen LogP contribution in [0.3, 0.4) is 0 Å². The second kappa shape index (κ2) is 11.6. The number of carboxylic acid groups (broad SMARTS) is 1. The Hall–Kier alpha value is -3.15. The molecule has 2 aliphatic rings. The molecule has 41 heavy (non-hydrogen) atoms. The van der Waals surface area contributed by atoms with Crippen LogP contribution in [0.4, 0.5) is 38.5 Å². The summed E-state index contributed by atoms with van der Waals surface area (Å²) in [6, 6.07) is 4.77. The van der Waals surface area contributed by atoms with Crippen LogP contribution in [0.15, 0.2) is 30.6 Å². The summed E-state index contributed by atoms with van der Waals surface area (Å²) >= 11 is 6.10. The third-order valence-electron chi connectivity index (χ3n) is 6.39. The number of amides is 2. The molecule has 2 aromatic rings. The Labute approximate surface area is 241 Å². The Morgan fingerprint density at radius 3 is 1.95 bits per heavy atom. The summed E-state index contributed by atoms with van der Waals surface area (Å²) in [7, 11) is 0. The van der Waals surface area contributed by atoms with Crippen LogP contribution in [0, 0.1) is 0 Å². The molecule has 0 spiro atoms. The summed E-state index contributed by atoms with van der Waals surface area (Å²) in [4.78, 5) is 32.3. The number of anilines is 2.